The molecule has 2 rings (SSSR count). The Labute approximate surface area is 127 Å². The summed E-state index contributed by atoms with van der Waals surface area (Å²) in [5.41, 5.74) is 6.56. The molecule has 0 radical (unpaired) electrons. The van der Waals surface area contributed by atoms with Crippen molar-refractivity contribution < 1.29 is 35.0 Å². The van der Waals surface area contributed by atoms with Gasteiger partial charge < -0.3 is 40.7 Å². The number of aliphatic hydroxyl groups excluding tert-OH is 4. The Hall–Kier alpha value is -1.42. The molecule has 1 aromatic carbocycles. The Morgan fingerprint density at radius 2 is 1.91 bits per heavy atom. The lowest BCUT2D eigenvalue weighted by Crippen LogP contribution is -2.60. The highest BCUT2D eigenvalue weighted by Crippen LogP contribution is 2.33. The molecular weight excluding hydrogens is 294 g/mol. The molecule has 1 saturated heterocycles. The van der Waals surface area contributed by atoms with E-state index in [4.69, 9.17) is 15.2 Å². The second-order valence-corrected chi connectivity index (χ2v) is 5.25. The number of methoxy groups -OCH3 is 1. The molecule has 1 fully saturated rings. The lowest BCUT2D eigenvalue weighted by atomic mass is 9.89. The fourth-order valence-corrected chi connectivity index (χ4v) is 2.52. The van der Waals surface area contributed by atoms with Crippen LogP contribution < -0.4 is 10.5 Å². The van der Waals surface area contributed by atoms with E-state index in [-0.39, 0.29) is 11.5 Å². The minimum absolute atomic E-state index is 0.0627. The molecule has 124 valence electrons. The average Bonchev–Trinajstić information content (AvgIpc) is 2.53. The van der Waals surface area contributed by atoms with Crippen LogP contribution in [0.1, 0.15) is 11.6 Å². The van der Waals surface area contributed by atoms with Gasteiger partial charge in [0.25, 0.3) is 0 Å². The summed E-state index contributed by atoms with van der Waals surface area (Å²) >= 11 is 0. The quantitative estimate of drug-likeness (QED) is 0.383. The highest BCUT2D eigenvalue weighted by atomic mass is 16.5. The first-order valence-corrected chi connectivity index (χ1v) is 6.83. The normalized spacial score (nSPS) is 33.5. The lowest BCUT2D eigenvalue weighted by Gasteiger charge is -2.42. The van der Waals surface area contributed by atoms with Crippen LogP contribution in [0.25, 0.3) is 0 Å². The summed E-state index contributed by atoms with van der Waals surface area (Å²) < 4.78 is 10.4. The monoisotopic (exact) mass is 315 g/mol. The Balaban J connectivity index is 2.25. The van der Waals surface area contributed by atoms with Gasteiger partial charge in [-0.3, -0.25) is 0 Å². The third kappa shape index (κ3) is 3.02. The predicted octanol–water partition coefficient (Wildman–Crippen LogP) is -1.76. The summed E-state index contributed by atoms with van der Waals surface area (Å²) in [4.78, 5) is 0. The molecular formula is C14H21NO7. The molecule has 6 atom stereocenters. The van der Waals surface area contributed by atoms with Crippen molar-refractivity contribution in [3.63, 3.8) is 0 Å². The number of phenolic OH excluding ortho intramolecular Hbond substituents is 1. The van der Waals surface area contributed by atoms with Gasteiger partial charge in [-0.05, 0) is 17.7 Å². The third-order valence-corrected chi connectivity index (χ3v) is 3.87. The van der Waals surface area contributed by atoms with E-state index in [1.54, 1.807) is 0 Å². The summed E-state index contributed by atoms with van der Waals surface area (Å²) in [5.74, 6) is 0.143. The van der Waals surface area contributed by atoms with Gasteiger partial charge in [0, 0.05) is 0 Å². The topological polar surface area (TPSA) is 146 Å². The summed E-state index contributed by atoms with van der Waals surface area (Å²) in [6, 6.07) is 3.55. The van der Waals surface area contributed by atoms with E-state index in [9.17, 15) is 25.5 Å². The molecule has 1 aliphatic rings. The largest absolute Gasteiger partial charge is 0.504 e. The van der Waals surface area contributed by atoms with Gasteiger partial charge >= 0.3 is 0 Å². The van der Waals surface area contributed by atoms with Crippen LogP contribution in [0.15, 0.2) is 18.2 Å². The summed E-state index contributed by atoms with van der Waals surface area (Å²) in [5, 5.41) is 48.4. The van der Waals surface area contributed by atoms with Crippen molar-refractivity contribution in [3.05, 3.63) is 23.8 Å². The van der Waals surface area contributed by atoms with Crippen LogP contribution in [0.4, 0.5) is 0 Å². The zero-order chi connectivity index (χ0) is 16.4. The van der Waals surface area contributed by atoms with Crippen LogP contribution in [0, 0.1) is 0 Å². The number of benzene rings is 1. The Kier molecular flexibility index (Phi) is 5.22. The predicted molar refractivity (Wildman–Crippen MR) is 75.4 cm³/mol. The van der Waals surface area contributed by atoms with Gasteiger partial charge in [0.1, 0.15) is 30.5 Å². The van der Waals surface area contributed by atoms with Crippen LogP contribution in [-0.4, -0.2) is 69.8 Å². The van der Waals surface area contributed by atoms with Crippen molar-refractivity contribution in [1.82, 2.24) is 0 Å². The molecule has 22 heavy (non-hydrogen) atoms. The van der Waals surface area contributed by atoms with E-state index < -0.39 is 43.2 Å². The zero-order valence-electron chi connectivity index (χ0n) is 12.0. The maximum atomic E-state index is 10.1. The van der Waals surface area contributed by atoms with E-state index in [1.807, 2.05) is 0 Å². The number of rotatable bonds is 4. The van der Waals surface area contributed by atoms with Crippen molar-refractivity contribution in [1.29, 1.82) is 0 Å². The van der Waals surface area contributed by atoms with Crippen LogP contribution in [0.5, 0.6) is 11.5 Å². The molecule has 8 nitrogen and oxygen atoms in total. The number of aliphatic hydroxyl groups is 4. The Morgan fingerprint density at radius 3 is 2.50 bits per heavy atom. The fraction of sp³-hybridized carbons (Fsp3) is 0.571. The molecule has 1 aliphatic heterocycles. The van der Waals surface area contributed by atoms with Crippen molar-refractivity contribution in [2.24, 2.45) is 5.73 Å². The molecule has 0 saturated carbocycles. The number of aromatic hydroxyl groups is 1. The van der Waals surface area contributed by atoms with Crippen molar-refractivity contribution in [2.45, 2.75) is 36.6 Å². The van der Waals surface area contributed by atoms with Gasteiger partial charge in [-0.2, -0.15) is 0 Å². The second-order valence-electron chi connectivity index (χ2n) is 5.25. The molecule has 1 aromatic rings. The van der Waals surface area contributed by atoms with Gasteiger partial charge in [-0.25, -0.2) is 0 Å². The van der Waals surface area contributed by atoms with E-state index in [0.717, 1.165) is 0 Å². The number of phenols is 1. The smallest absolute Gasteiger partial charge is 0.160 e. The second kappa shape index (κ2) is 6.78. The van der Waals surface area contributed by atoms with Gasteiger partial charge in [0.2, 0.25) is 0 Å². The first-order valence-electron chi connectivity index (χ1n) is 6.83. The van der Waals surface area contributed by atoms with Gasteiger partial charge in [-0.15, -0.1) is 0 Å². The summed E-state index contributed by atoms with van der Waals surface area (Å²) in [6.07, 6.45) is -6.40. The van der Waals surface area contributed by atoms with Gasteiger partial charge in [0.15, 0.2) is 11.5 Å². The average molecular weight is 315 g/mol. The first kappa shape index (κ1) is 16.9. The Bertz CT molecular complexity index is 510. The molecule has 0 bridgehead atoms. The standard InChI is InChI=1S/C14H21NO7/c1-21-8-4-6(2-3-7(8)17)10(15)14-13(20)12(19)11(18)9(5-16)22-14/h2-4,9-14,16-20H,5,15H2,1H3/t9-,10?,11-,12+,13-,14+/m1/s1. The van der Waals surface area contributed by atoms with Crippen molar-refractivity contribution in [2.75, 3.05) is 13.7 Å². The van der Waals surface area contributed by atoms with Gasteiger partial charge in [0.05, 0.1) is 19.8 Å². The molecule has 1 heterocycles. The van der Waals surface area contributed by atoms with Crippen molar-refractivity contribution >= 4 is 0 Å². The molecule has 0 spiro atoms. The van der Waals surface area contributed by atoms with Gasteiger partial charge in [-0.1, -0.05) is 6.07 Å². The number of hydrogen-bond acceptors (Lipinski definition) is 8. The fourth-order valence-electron chi connectivity index (χ4n) is 2.52. The lowest BCUT2D eigenvalue weighted by molar-refractivity contribution is -0.234. The molecule has 8 heteroatoms. The minimum Gasteiger partial charge on any atom is -0.504 e. The van der Waals surface area contributed by atoms with Crippen LogP contribution in [-0.2, 0) is 4.74 Å². The van der Waals surface area contributed by atoms with E-state index in [1.165, 1.54) is 25.3 Å². The minimum atomic E-state index is -1.49. The number of nitrogens with two attached hydrogens (primary N) is 1. The first-order chi connectivity index (χ1) is 10.4. The van der Waals surface area contributed by atoms with Crippen LogP contribution in [0.2, 0.25) is 0 Å². The van der Waals surface area contributed by atoms with E-state index in [2.05, 4.69) is 0 Å². The number of hydrogen-bond donors (Lipinski definition) is 6. The highest BCUT2D eigenvalue weighted by molar-refractivity contribution is 5.43. The maximum absolute atomic E-state index is 10.1. The SMILES string of the molecule is COc1cc(C(N)[C@@H]2O[C@H](CO)[C@@H](O)[C@H](O)[C@H]2O)ccc1O. The van der Waals surface area contributed by atoms with E-state index in [0.29, 0.717) is 5.56 Å². The molecule has 0 aromatic heterocycles. The highest BCUT2D eigenvalue weighted by Gasteiger charge is 2.45. The molecule has 7 N–H and O–H groups in total. The molecule has 0 aliphatic carbocycles. The Morgan fingerprint density at radius 1 is 1.23 bits per heavy atom. The summed E-state index contributed by atoms with van der Waals surface area (Å²) in [7, 11) is 1.39. The van der Waals surface area contributed by atoms with Crippen molar-refractivity contribution in [3.8, 4) is 11.5 Å². The summed E-state index contributed by atoms with van der Waals surface area (Å²) in [6.45, 7) is -0.521. The maximum Gasteiger partial charge on any atom is 0.160 e. The molecule has 0 amide bonds. The molecule has 1 unspecified atom stereocenters. The third-order valence-electron chi connectivity index (χ3n) is 3.87. The van der Waals surface area contributed by atoms with E-state index >= 15 is 0 Å². The van der Waals surface area contributed by atoms with Crippen LogP contribution >= 0.6 is 0 Å². The number of ether oxygens (including phenoxy) is 2. The zero-order valence-corrected chi connectivity index (χ0v) is 12.0. The van der Waals surface area contributed by atoms with Crippen LogP contribution in [0.3, 0.4) is 0 Å².